The SMILES string of the molecule is C=C/C=C\C(=C)CN1CCC(C2CN(C(C)C)C(=O)C3(CC3)O2)CC1. The molecule has 0 aromatic carbocycles. The molecule has 0 aromatic rings. The molecule has 1 unspecified atom stereocenters. The molecule has 4 heteroatoms. The molecule has 3 fully saturated rings. The van der Waals surface area contributed by atoms with E-state index in [0.29, 0.717) is 5.92 Å². The van der Waals surface area contributed by atoms with Gasteiger partial charge in [-0.05, 0) is 64.1 Å². The van der Waals surface area contributed by atoms with Crippen LogP contribution in [0.4, 0.5) is 0 Å². The molecule has 4 nitrogen and oxygen atoms in total. The Bertz CT molecular complexity index is 554. The highest BCUT2D eigenvalue weighted by molar-refractivity contribution is 5.89. The van der Waals surface area contributed by atoms with Gasteiger partial charge < -0.3 is 9.64 Å². The number of hydrogen-bond donors (Lipinski definition) is 0. The number of nitrogens with zero attached hydrogens (tertiary/aromatic N) is 2. The predicted molar refractivity (Wildman–Crippen MR) is 101 cm³/mol. The van der Waals surface area contributed by atoms with Crippen molar-refractivity contribution in [1.82, 2.24) is 9.80 Å². The first kappa shape index (κ1) is 18.4. The van der Waals surface area contributed by atoms with Gasteiger partial charge in [-0.2, -0.15) is 0 Å². The van der Waals surface area contributed by atoms with Gasteiger partial charge >= 0.3 is 0 Å². The Morgan fingerprint density at radius 3 is 2.60 bits per heavy atom. The standard InChI is InChI=1S/C21H32N2O2/c1-5-6-7-17(4)14-22-12-8-18(9-13-22)19-15-23(16(2)3)20(24)21(25-19)10-11-21/h5-7,16,18-19H,1,4,8-15H2,2-3H3/b7-6-. The first-order chi connectivity index (χ1) is 11.9. The topological polar surface area (TPSA) is 32.8 Å². The van der Waals surface area contributed by atoms with Gasteiger partial charge in [-0.3, -0.25) is 9.69 Å². The predicted octanol–water partition coefficient (Wildman–Crippen LogP) is 3.17. The van der Waals surface area contributed by atoms with E-state index in [-0.39, 0.29) is 18.1 Å². The maximum Gasteiger partial charge on any atom is 0.255 e. The molecular weight excluding hydrogens is 312 g/mol. The summed E-state index contributed by atoms with van der Waals surface area (Å²) in [7, 11) is 0. The minimum atomic E-state index is -0.464. The average Bonchev–Trinajstić information content (AvgIpc) is 3.36. The third-order valence-electron chi connectivity index (χ3n) is 5.78. The van der Waals surface area contributed by atoms with Crippen LogP contribution in [0, 0.1) is 5.92 Å². The molecule has 1 saturated carbocycles. The van der Waals surface area contributed by atoms with Gasteiger partial charge in [0.2, 0.25) is 0 Å². The average molecular weight is 344 g/mol. The monoisotopic (exact) mass is 344 g/mol. The lowest BCUT2D eigenvalue weighted by atomic mass is 9.89. The molecule has 1 spiro atoms. The number of hydrogen-bond acceptors (Lipinski definition) is 3. The van der Waals surface area contributed by atoms with Crippen LogP contribution in [-0.4, -0.2) is 59.6 Å². The Balaban J connectivity index is 1.54. The Labute approximate surface area is 152 Å². The summed E-state index contributed by atoms with van der Waals surface area (Å²) in [6.45, 7) is 15.9. The van der Waals surface area contributed by atoms with E-state index in [9.17, 15) is 4.79 Å². The lowest BCUT2D eigenvalue weighted by molar-refractivity contribution is -0.177. The summed E-state index contributed by atoms with van der Waals surface area (Å²) in [6.07, 6.45) is 10.0. The van der Waals surface area contributed by atoms with Gasteiger partial charge in [-0.15, -0.1) is 0 Å². The van der Waals surface area contributed by atoms with Crippen LogP contribution in [0.5, 0.6) is 0 Å². The molecular formula is C21H32N2O2. The summed E-state index contributed by atoms with van der Waals surface area (Å²) in [5, 5.41) is 0. The van der Waals surface area contributed by atoms with Crippen molar-refractivity contribution >= 4 is 5.91 Å². The van der Waals surface area contributed by atoms with Gasteiger partial charge in [0.25, 0.3) is 5.91 Å². The second-order valence-corrected chi connectivity index (χ2v) is 8.07. The van der Waals surface area contributed by atoms with Crippen LogP contribution >= 0.6 is 0 Å². The summed E-state index contributed by atoms with van der Waals surface area (Å²) in [5.41, 5.74) is 0.662. The Morgan fingerprint density at radius 2 is 2.04 bits per heavy atom. The molecule has 1 atom stereocenters. The van der Waals surface area contributed by atoms with E-state index in [1.807, 2.05) is 12.2 Å². The summed E-state index contributed by atoms with van der Waals surface area (Å²) >= 11 is 0. The number of amides is 1. The van der Waals surface area contributed by atoms with Gasteiger partial charge in [0.15, 0.2) is 0 Å². The lowest BCUT2D eigenvalue weighted by Crippen LogP contribution is -2.58. The van der Waals surface area contributed by atoms with E-state index in [4.69, 9.17) is 4.74 Å². The third kappa shape index (κ3) is 4.06. The number of rotatable bonds is 6. The molecule has 1 aliphatic carbocycles. The lowest BCUT2D eigenvalue weighted by Gasteiger charge is -2.45. The van der Waals surface area contributed by atoms with Gasteiger partial charge in [0.1, 0.15) is 5.60 Å². The van der Waals surface area contributed by atoms with Crippen LogP contribution in [0.15, 0.2) is 37.0 Å². The zero-order valence-electron chi connectivity index (χ0n) is 15.7. The zero-order valence-corrected chi connectivity index (χ0v) is 15.7. The van der Waals surface area contributed by atoms with Crippen LogP contribution in [0.2, 0.25) is 0 Å². The molecule has 0 N–H and O–H groups in total. The molecule has 2 aliphatic heterocycles. The summed E-state index contributed by atoms with van der Waals surface area (Å²) in [5.74, 6) is 0.779. The molecule has 1 amide bonds. The van der Waals surface area contributed by atoms with Gasteiger partial charge in [-0.25, -0.2) is 0 Å². The quantitative estimate of drug-likeness (QED) is 0.694. The largest absolute Gasteiger partial charge is 0.360 e. The van der Waals surface area contributed by atoms with Gasteiger partial charge in [-0.1, -0.05) is 31.4 Å². The first-order valence-electron chi connectivity index (χ1n) is 9.63. The highest BCUT2D eigenvalue weighted by Gasteiger charge is 2.58. The molecule has 0 bridgehead atoms. The first-order valence-corrected chi connectivity index (χ1v) is 9.63. The fourth-order valence-corrected chi connectivity index (χ4v) is 4.08. The van der Waals surface area contributed by atoms with Crippen molar-refractivity contribution in [3.8, 4) is 0 Å². The number of piperidine rings is 1. The summed E-state index contributed by atoms with van der Waals surface area (Å²) in [6, 6.07) is 0.261. The molecule has 138 valence electrons. The van der Waals surface area contributed by atoms with Crippen molar-refractivity contribution in [2.75, 3.05) is 26.2 Å². The Hall–Kier alpha value is -1.39. The van der Waals surface area contributed by atoms with Crippen molar-refractivity contribution in [3.05, 3.63) is 37.0 Å². The minimum absolute atomic E-state index is 0.202. The number of carbonyl (C=O) groups is 1. The van der Waals surface area contributed by atoms with Crippen LogP contribution in [0.25, 0.3) is 0 Å². The van der Waals surface area contributed by atoms with E-state index >= 15 is 0 Å². The Kier molecular flexibility index (Phi) is 5.49. The van der Waals surface area contributed by atoms with Crippen molar-refractivity contribution in [2.45, 2.75) is 57.3 Å². The minimum Gasteiger partial charge on any atom is -0.360 e. The summed E-state index contributed by atoms with van der Waals surface area (Å²) in [4.78, 5) is 17.1. The number of morpholine rings is 1. The van der Waals surface area contributed by atoms with Crippen LogP contribution in [-0.2, 0) is 9.53 Å². The van der Waals surface area contributed by atoms with E-state index in [1.165, 1.54) is 0 Å². The van der Waals surface area contributed by atoms with Gasteiger partial charge in [0, 0.05) is 19.1 Å². The van der Waals surface area contributed by atoms with Crippen LogP contribution in [0.1, 0.15) is 39.5 Å². The fourth-order valence-electron chi connectivity index (χ4n) is 4.08. The van der Waals surface area contributed by atoms with Crippen molar-refractivity contribution in [2.24, 2.45) is 5.92 Å². The van der Waals surface area contributed by atoms with E-state index in [2.05, 4.69) is 36.8 Å². The molecule has 3 rings (SSSR count). The second kappa shape index (κ2) is 7.46. The smallest absolute Gasteiger partial charge is 0.255 e. The van der Waals surface area contributed by atoms with Crippen molar-refractivity contribution < 1.29 is 9.53 Å². The number of allylic oxidation sites excluding steroid dienone is 2. The molecule has 0 radical (unpaired) electrons. The molecule has 2 heterocycles. The van der Waals surface area contributed by atoms with Crippen molar-refractivity contribution in [3.63, 3.8) is 0 Å². The normalized spacial score (nSPS) is 27.4. The van der Waals surface area contributed by atoms with E-state index < -0.39 is 5.60 Å². The molecule has 2 saturated heterocycles. The maximum absolute atomic E-state index is 12.6. The third-order valence-corrected chi connectivity index (χ3v) is 5.78. The highest BCUT2D eigenvalue weighted by atomic mass is 16.5. The van der Waals surface area contributed by atoms with Gasteiger partial charge in [0.05, 0.1) is 6.10 Å². The second-order valence-electron chi connectivity index (χ2n) is 8.07. The number of likely N-dealkylation sites (tertiary alicyclic amines) is 1. The molecule has 25 heavy (non-hydrogen) atoms. The van der Waals surface area contributed by atoms with Crippen LogP contribution in [0.3, 0.4) is 0 Å². The van der Waals surface area contributed by atoms with E-state index in [1.54, 1.807) is 6.08 Å². The number of ether oxygens (including phenoxy) is 1. The maximum atomic E-state index is 12.6. The van der Waals surface area contributed by atoms with Crippen molar-refractivity contribution in [1.29, 1.82) is 0 Å². The summed E-state index contributed by atoms with van der Waals surface area (Å²) < 4.78 is 6.34. The highest BCUT2D eigenvalue weighted by Crippen LogP contribution is 2.47. The van der Waals surface area contributed by atoms with E-state index in [0.717, 1.165) is 57.4 Å². The molecule has 0 aromatic heterocycles. The molecule has 3 aliphatic rings. The van der Waals surface area contributed by atoms with Crippen LogP contribution < -0.4 is 0 Å². The number of carbonyl (C=O) groups excluding carboxylic acids is 1. The fraction of sp³-hybridized carbons (Fsp3) is 0.667. The zero-order chi connectivity index (χ0) is 18.0. The Morgan fingerprint density at radius 1 is 1.36 bits per heavy atom.